The predicted molar refractivity (Wildman–Crippen MR) is 130 cm³/mol. The second-order valence-electron chi connectivity index (χ2n) is 8.84. The van der Waals surface area contributed by atoms with Crippen LogP contribution in [0.2, 0.25) is 0 Å². The van der Waals surface area contributed by atoms with Gasteiger partial charge in [0.05, 0.1) is 23.1 Å². The number of carbonyl (C=O) groups excluding carboxylic acids is 1. The molecule has 0 spiro atoms. The SMILES string of the molecule is CN(C(=O)CCCc1ccc(OC(C)(C)C(=O)O)cc1)c1ccc(-c2ccc(C(F)(F)F)cc2)nc1. The average molecular weight is 501 g/mol. The molecule has 190 valence electrons. The number of benzene rings is 2. The summed E-state index contributed by atoms with van der Waals surface area (Å²) in [6, 6.07) is 15.2. The van der Waals surface area contributed by atoms with Crippen LogP contribution in [0.15, 0.2) is 66.9 Å². The number of anilines is 1. The lowest BCUT2D eigenvalue weighted by molar-refractivity contribution is -0.152. The van der Waals surface area contributed by atoms with E-state index in [1.807, 2.05) is 12.1 Å². The lowest BCUT2D eigenvalue weighted by Gasteiger charge is -2.21. The van der Waals surface area contributed by atoms with E-state index in [-0.39, 0.29) is 5.91 Å². The maximum Gasteiger partial charge on any atom is 0.416 e. The molecule has 1 heterocycles. The molecule has 1 amide bonds. The number of aromatic nitrogens is 1. The number of carbonyl (C=O) groups is 2. The molecule has 0 bridgehead atoms. The van der Waals surface area contributed by atoms with Crippen LogP contribution in [-0.2, 0) is 22.2 Å². The number of pyridine rings is 1. The number of nitrogens with zero attached hydrogens (tertiary/aromatic N) is 2. The first-order valence-electron chi connectivity index (χ1n) is 11.3. The number of ether oxygens (including phenoxy) is 1. The minimum absolute atomic E-state index is 0.0951. The van der Waals surface area contributed by atoms with Gasteiger partial charge in [-0.15, -0.1) is 0 Å². The van der Waals surface area contributed by atoms with Crippen LogP contribution in [0.5, 0.6) is 5.75 Å². The van der Waals surface area contributed by atoms with Crippen molar-refractivity contribution in [2.45, 2.75) is 44.9 Å². The van der Waals surface area contributed by atoms with Gasteiger partial charge in [-0.25, -0.2) is 4.79 Å². The predicted octanol–water partition coefficient (Wildman–Crippen LogP) is 6.00. The van der Waals surface area contributed by atoms with Crippen molar-refractivity contribution in [3.8, 4) is 17.0 Å². The summed E-state index contributed by atoms with van der Waals surface area (Å²) in [7, 11) is 1.65. The maximum atomic E-state index is 12.7. The highest BCUT2D eigenvalue weighted by molar-refractivity contribution is 5.92. The molecule has 0 fully saturated rings. The molecule has 0 radical (unpaired) electrons. The van der Waals surface area contributed by atoms with Gasteiger partial charge in [-0.2, -0.15) is 13.2 Å². The zero-order chi connectivity index (χ0) is 26.5. The van der Waals surface area contributed by atoms with Crippen molar-refractivity contribution in [2.24, 2.45) is 0 Å². The smallest absolute Gasteiger partial charge is 0.416 e. The Hall–Kier alpha value is -3.88. The maximum absolute atomic E-state index is 12.7. The van der Waals surface area contributed by atoms with Crippen LogP contribution in [0.4, 0.5) is 18.9 Å². The van der Waals surface area contributed by atoms with Gasteiger partial charge < -0.3 is 14.7 Å². The molecular formula is C27H27F3N2O4. The third-order valence-electron chi connectivity index (χ3n) is 5.68. The standard InChI is InChI=1S/C27H27F3N2O4/c1-26(2,25(34)35)36-22-14-7-18(8-15-22)5-4-6-24(33)32(3)21-13-16-23(31-17-21)19-9-11-20(12-10-19)27(28,29)30/h7-17H,4-6H2,1-3H3,(H,34,35). The van der Waals surface area contributed by atoms with E-state index in [0.717, 1.165) is 17.7 Å². The van der Waals surface area contributed by atoms with Gasteiger partial charge in [-0.1, -0.05) is 24.3 Å². The molecule has 0 atom stereocenters. The minimum atomic E-state index is -4.39. The fraction of sp³-hybridized carbons (Fsp3) is 0.296. The topological polar surface area (TPSA) is 79.7 Å². The van der Waals surface area contributed by atoms with Gasteiger partial charge >= 0.3 is 12.1 Å². The molecule has 1 N–H and O–H groups in total. The minimum Gasteiger partial charge on any atom is -0.478 e. The van der Waals surface area contributed by atoms with Gasteiger partial charge in [-0.05, 0) is 68.7 Å². The van der Waals surface area contributed by atoms with Crippen molar-refractivity contribution in [3.05, 3.63) is 78.0 Å². The molecule has 2 aromatic carbocycles. The summed E-state index contributed by atoms with van der Waals surface area (Å²) < 4.78 is 43.7. The Morgan fingerprint density at radius 2 is 1.61 bits per heavy atom. The Bertz CT molecular complexity index is 1190. The molecule has 9 heteroatoms. The van der Waals surface area contributed by atoms with Crippen LogP contribution in [0.3, 0.4) is 0 Å². The largest absolute Gasteiger partial charge is 0.478 e. The fourth-order valence-electron chi connectivity index (χ4n) is 3.40. The fourth-order valence-corrected chi connectivity index (χ4v) is 3.40. The van der Waals surface area contributed by atoms with Gasteiger partial charge in [0.25, 0.3) is 0 Å². The lowest BCUT2D eigenvalue weighted by atomic mass is 10.1. The molecule has 3 rings (SSSR count). The number of hydrogen-bond acceptors (Lipinski definition) is 4. The van der Waals surface area contributed by atoms with Crippen LogP contribution in [0.25, 0.3) is 11.3 Å². The molecular weight excluding hydrogens is 473 g/mol. The summed E-state index contributed by atoms with van der Waals surface area (Å²) in [6.07, 6.45) is -1.30. The number of halogens is 3. The Morgan fingerprint density at radius 1 is 0.972 bits per heavy atom. The van der Waals surface area contributed by atoms with Crippen molar-refractivity contribution < 1.29 is 32.6 Å². The third-order valence-corrected chi connectivity index (χ3v) is 5.68. The number of carboxylic acids is 1. The number of carboxylic acid groups (broad SMARTS) is 1. The monoisotopic (exact) mass is 500 g/mol. The average Bonchev–Trinajstić information content (AvgIpc) is 2.84. The molecule has 0 aliphatic carbocycles. The second kappa shape index (κ2) is 10.8. The highest BCUT2D eigenvalue weighted by atomic mass is 19.4. The third kappa shape index (κ3) is 6.84. The normalized spacial score (nSPS) is 11.7. The summed E-state index contributed by atoms with van der Waals surface area (Å²) in [4.78, 5) is 29.6. The molecule has 0 saturated heterocycles. The number of hydrogen-bond donors (Lipinski definition) is 1. The molecule has 0 saturated carbocycles. The van der Waals surface area contributed by atoms with Crippen LogP contribution in [-0.4, -0.2) is 34.6 Å². The van der Waals surface area contributed by atoms with Crippen LogP contribution in [0, 0.1) is 0 Å². The first-order valence-corrected chi connectivity index (χ1v) is 11.3. The van der Waals surface area contributed by atoms with Crippen molar-refractivity contribution in [2.75, 3.05) is 11.9 Å². The number of rotatable bonds is 9. The molecule has 6 nitrogen and oxygen atoms in total. The van der Waals surface area contributed by atoms with E-state index in [2.05, 4.69) is 4.98 Å². The quantitative estimate of drug-likeness (QED) is 0.390. The van der Waals surface area contributed by atoms with Gasteiger partial charge in [0, 0.05) is 19.0 Å². The summed E-state index contributed by atoms with van der Waals surface area (Å²) in [6.45, 7) is 2.95. The van der Waals surface area contributed by atoms with E-state index in [4.69, 9.17) is 9.84 Å². The highest BCUT2D eigenvalue weighted by Gasteiger charge is 2.30. The summed E-state index contributed by atoms with van der Waals surface area (Å²) >= 11 is 0. The first kappa shape index (κ1) is 26.7. The first-order chi connectivity index (χ1) is 16.9. The van der Waals surface area contributed by atoms with E-state index in [0.29, 0.717) is 42.0 Å². The molecule has 1 aromatic heterocycles. The lowest BCUT2D eigenvalue weighted by Crippen LogP contribution is -2.37. The molecule has 0 aliphatic rings. The molecule has 3 aromatic rings. The van der Waals surface area contributed by atoms with E-state index in [1.54, 1.807) is 31.3 Å². The Balaban J connectivity index is 1.52. The van der Waals surface area contributed by atoms with Gasteiger partial charge in [0.1, 0.15) is 5.75 Å². The van der Waals surface area contributed by atoms with E-state index in [1.165, 1.54) is 37.1 Å². The highest BCUT2D eigenvalue weighted by Crippen LogP contribution is 2.31. The second-order valence-corrected chi connectivity index (χ2v) is 8.84. The number of aryl methyl sites for hydroxylation is 1. The van der Waals surface area contributed by atoms with E-state index < -0.39 is 23.3 Å². The summed E-state index contributed by atoms with van der Waals surface area (Å²) in [5, 5.41) is 9.15. The Labute approximate surface area is 207 Å². The van der Waals surface area contributed by atoms with E-state index in [9.17, 15) is 22.8 Å². The van der Waals surface area contributed by atoms with E-state index >= 15 is 0 Å². The number of alkyl halides is 3. The van der Waals surface area contributed by atoms with Crippen LogP contribution in [0.1, 0.15) is 37.8 Å². The molecule has 0 unspecified atom stereocenters. The number of aliphatic carboxylic acids is 1. The van der Waals surface area contributed by atoms with Gasteiger partial charge in [-0.3, -0.25) is 9.78 Å². The van der Waals surface area contributed by atoms with Gasteiger partial charge in [0.15, 0.2) is 5.60 Å². The molecule has 36 heavy (non-hydrogen) atoms. The van der Waals surface area contributed by atoms with Crippen molar-refractivity contribution in [1.82, 2.24) is 4.98 Å². The molecule has 0 aliphatic heterocycles. The summed E-state index contributed by atoms with van der Waals surface area (Å²) in [5.41, 5.74) is 0.578. The zero-order valence-electron chi connectivity index (χ0n) is 20.2. The van der Waals surface area contributed by atoms with Crippen LogP contribution >= 0.6 is 0 Å². The van der Waals surface area contributed by atoms with Crippen molar-refractivity contribution >= 4 is 17.6 Å². The number of amides is 1. The van der Waals surface area contributed by atoms with Crippen LogP contribution < -0.4 is 9.64 Å². The van der Waals surface area contributed by atoms with Crippen molar-refractivity contribution in [1.29, 1.82) is 0 Å². The van der Waals surface area contributed by atoms with Gasteiger partial charge in [0.2, 0.25) is 5.91 Å². The summed E-state index contributed by atoms with van der Waals surface area (Å²) in [5.74, 6) is -0.699. The van der Waals surface area contributed by atoms with Crippen molar-refractivity contribution in [3.63, 3.8) is 0 Å². The zero-order valence-corrected chi connectivity index (χ0v) is 20.2. The Kier molecular flexibility index (Phi) is 8.02. The Morgan fingerprint density at radius 3 is 2.14 bits per heavy atom.